The second kappa shape index (κ2) is 3.79. The van der Waals surface area contributed by atoms with E-state index in [9.17, 15) is 14.4 Å². The van der Waals surface area contributed by atoms with Gasteiger partial charge < -0.3 is 4.74 Å². The zero-order valence-electron chi connectivity index (χ0n) is 11.2. The Morgan fingerprint density at radius 1 is 1.26 bits per heavy atom. The van der Waals surface area contributed by atoms with Crippen LogP contribution in [0.4, 0.5) is 4.79 Å². The molecule has 0 aromatic rings. The summed E-state index contributed by atoms with van der Waals surface area (Å²) in [6.07, 6.45) is 2.31. The predicted octanol–water partition coefficient (Wildman–Crippen LogP) is 0.803. The van der Waals surface area contributed by atoms with Gasteiger partial charge >= 0.3 is 6.03 Å². The molecular formula is C13H18N2O4. The molecule has 2 atom stereocenters. The van der Waals surface area contributed by atoms with Gasteiger partial charge in [-0.3, -0.25) is 19.8 Å². The number of nitrogens with one attached hydrogen (secondary N) is 1. The quantitative estimate of drug-likeness (QED) is 0.712. The highest BCUT2D eigenvalue weighted by Crippen LogP contribution is 2.47. The van der Waals surface area contributed by atoms with Crippen LogP contribution in [-0.4, -0.2) is 41.0 Å². The predicted molar refractivity (Wildman–Crippen MR) is 65.1 cm³/mol. The van der Waals surface area contributed by atoms with Crippen molar-refractivity contribution in [3.63, 3.8) is 0 Å². The molecule has 6 nitrogen and oxygen atoms in total. The first-order valence-corrected chi connectivity index (χ1v) is 6.73. The molecule has 1 saturated carbocycles. The molecule has 3 rings (SSSR count). The van der Waals surface area contributed by atoms with Gasteiger partial charge in [0.15, 0.2) is 0 Å². The zero-order valence-corrected chi connectivity index (χ0v) is 11.2. The van der Waals surface area contributed by atoms with E-state index in [0.717, 1.165) is 6.42 Å². The van der Waals surface area contributed by atoms with Crippen LogP contribution >= 0.6 is 0 Å². The Labute approximate surface area is 111 Å². The number of rotatable bonds is 1. The lowest BCUT2D eigenvalue weighted by atomic mass is 9.65. The molecule has 19 heavy (non-hydrogen) atoms. The standard InChI is InChI=1S/C13H18N2O4/c1-8-12(2,6-7-19-8)15-10(17)13(4-3-5-13)9(16)14-11(15)18/h8H,3-7H2,1-2H3,(H,14,16,18). The fourth-order valence-corrected chi connectivity index (χ4v) is 3.23. The Kier molecular flexibility index (Phi) is 2.51. The Balaban J connectivity index is 1.98. The van der Waals surface area contributed by atoms with E-state index in [2.05, 4.69) is 5.32 Å². The number of amides is 4. The van der Waals surface area contributed by atoms with Crippen molar-refractivity contribution in [3.8, 4) is 0 Å². The van der Waals surface area contributed by atoms with Crippen LogP contribution in [0.3, 0.4) is 0 Å². The second-order valence-electron chi connectivity index (χ2n) is 5.96. The number of hydrogen-bond donors (Lipinski definition) is 1. The molecule has 0 aromatic carbocycles. The van der Waals surface area contributed by atoms with Gasteiger partial charge in [0, 0.05) is 6.61 Å². The molecule has 2 aliphatic heterocycles. The maximum atomic E-state index is 12.7. The summed E-state index contributed by atoms with van der Waals surface area (Å²) < 4.78 is 5.51. The molecular weight excluding hydrogens is 248 g/mol. The highest BCUT2D eigenvalue weighted by molar-refractivity contribution is 6.20. The summed E-state index contributed by atoms with van der Waals surface area (Å²) in [6, 6.07) is -0.604. The fraction of sp³-hybridized carbons (Fsp3) is 0.769. The van der Waals surface area contributed by atoms with Crippen LogP contribution in [-0.2, 0) is 14.3 Å². The largest absolute Gasteiger partial charge is 0.376 e. The van der Waals surface area contributed by atoms with Crippen LogP contribution in [0.5, 0.6) is 0 Å². The van der Waals surface area contributed by atoms with E-state index in [1.807, 2.05) is 13.8 Å². The monoisotopic (exact) mass is 266 g/mol. The SMILES string of the molecule is CC1OCCC1(C)N1C(=O)NC(=O)C2(CCC2)C1=O. The van der Waals surface area contributed by atoms with Crippen molar-refractivity contribution in [1.82, 2.24) is 10.2 Å². The number of ether oxygens (including phenoxy) is 1. The lowest BCUT2D eigenvalue weighted by molar-refractivity contribution is -0.162. The minimum absolute atomic E-state index is 0.215. The van der Waals surface area contributed by atoms with Gasteiger partial charge in [0.1, 0.15) is 5.41 Å². The molecule has 3 fully saturated rings. The van der Waals surface area contributed by atoms with Gasteiger partial charge in [-0.25, -0.2) is 4.79 Å². The molecule has 1 N–H and O–H groups in total. The van der Waals surface area contributed by atoms with Crippen LogP contribution in [0.25, 0.3) is 0 Å². The molecule has 0 aromatic heterocycles. The van der Waals surface area contributed by atoms with Gasteiger partial charge in [0.2, 0.25) is 11.8 Å². The summed E-state index contributed by atoms with van der Waals surface area (Å²) in [4.78, 5) is 38.0. The molecule has 1 aliphatic carbocycles. The maximum absolute atomic E-state index is 12.7. The van der Waals surface area contributed by atoms with Gasteiger partial charge in [0.05, 0.1) is 11.6 Å². The summed E-state index contributed by atoms with van der Waals surface area (Å²) in [5.74, 6) is -0.771. The lowest BCUT2D eigenvalue weighted by Gasteiger charge is -2.49. The normalized spacial score (nSPS) is 37.5. The van der Waals surface area contributed by atoms with E-state index in [0.29, 0.717) is 25.9 Å². The molecule has 3 aliphatic rings. The number of barbiturate groups is 1. The van der Waals surface area contributed by atoms with E-state index in [4.69, 9.17) is 4.74 Å². The minimum atomic E-state index is -1.00. The van der Waals surface area contributed by atoms with E-state index < -0.39 is 22.9 Å². The van der Waals surface area contributed by atoms with Crippen LogP contribution in [0, 0.1) is 5.41 Å². The van der Waals surface area contributed by atoms with Crippen LogP contribution in [0.1, 0.15) is 39.5 Å². The molecule has 4 amide bonds. The number of hydrogen-bond acceptors (Lipinski definition) is 4. The molecule has 2 heterocycles. The van der Waals surface area contributed by atoms with Crippen LogP contribution < -0.4 is 5.32 Å². The van der Waals surface area contributed by atoms with Crippen molar-refractivity contribution in [2.24, 2.45) is 5.41 Å². The highest BCUT2D eigenvalue weighted by Gasteiger charge is 2.61. The number of urea groups is 1. The average Bonchev–Trinajstić information content (AvgIpc) is 2.56. The summed E-state index contributed by atoms with van der Waals surface area (Å²) in [5, 5.41) is 2.35. The van der Waals surface area contributed by atoms with Gasteiger partial charge in [-0.05, 0) is 33.1 Å². The number of nitrogens with zero attached hydrogens (tertiary/aromatic N) is 1. The van der Waals surface area contributed by atoms with E-state index in [1.165, 1.54) is 4.90 Å². The third-order valence-electron chi connectivity index (χ3n) is 5.04. The molecule has 0 radical (unpaired) electrons. The Morgan fingerprint density at radius 2 is 1.95 bits per heavy atom. The second-order valence-corrected chi connectivity index (χ2v) is 5.96. The number of carbonyl (C=O) groups is 3. The summed E-state index contributed by atoms with van der Waals surface area (Å²) >= 11 is 0. The summed E-state index contributed by atoms with van der Waals surface area (Å²) in [6.45, 7) is 4.23. The van der Waals surface area contributed by atoms with Crippen molar-refractivity contribution in [2.75, 3.05) is 6.61 Å². The molecule has 104 valence electrons. The molecule has 0 bridgehead atoms. The Hall–Kier alpha value is -1.43. The third-order valence-corrected chi connectivity index (χ3v) is 5.04. The van der Waals surface area contributed by atoms with E-state index >= 15 is 0 Å². The topological polar surface area (TPSA) is 75.7 Å². The Morgan fingerprint density at radius 3 is 2.42 bits per heavy atom. The molecule has 2 saturated heterocycles. The maximum Gasteiger partial charge on any atom is 0.331 e. The first-order valence-electron chi connectivity index (χ1n) is 6.73. The highest BCUT2D eigenvalue weighted by atomic mass is 16.5. The van der Waals surface area contributed by atoms with Crippen molar-refractivity contribution in [3.05, 3.63) is 0 Å². The first-order chi connectivity index (χ1) is 8.92. The van der Waals surface area contributed by atoms with Crippen LogP contribution in [0.2, 0.25) is 0 Å². The first kappa shape index (κ1) is 12.6. The summed E-state index contributed by atoms with van der Waals surface area (Å²) in [7, 11) is 0. The molecule has 2 unspecified atom stereocenters. The average molecular weight is 266 g/mol. The third kappa shape index (κ3) is 1.43. The van der Waals surface area contributed by atoms with Crippen molar-refractivity contribution in [1.29, 1.82) is 0 Å². The van der Waals surface area contributed by atoms with Gasteiger partial charge in [-0.1, -0.05) is 6.42 Å². The van der Waals surface area contributed by atoms with Gasteiger partial charge in [0.25, 0.3) is 0 Å². The van der Waals surface area contributed by atoms with Gasteiger partial charge in [-0.15, -0.1) is 0 Å². The minimum Gasteiger partial charge on any atom is -0.376 e. The number of imide groups is 2. The molecule has 6 heteroatoms. The Bertz CT molecular complexity index is 471. The smallest absolute Gasteiger partial charge is 0.331 e. The van der Waals surface area contributed by atoms with E-state index in [-0.39, 0.29) is 12.0 Å². The molecule has 1 spiro atoms. The van der Waals surface area contributed by atoms with Crippen molar-refractivity contribution >= 4 is 17.8 Å². The van der Waals surface area contributed by atoms with E-state index in [1.54, 1.807) is 0 Å². The lowest BCUT2D eigenvalue weighted by Crippen LogP contribution is -2.71. The van der Waals surface area contributed by atoms with Crippen molar-refractivity contribution in [2.45, 2.75) is 51.2 Å². The van der Waals surface area contributed by atoms with Crippen molar-refractivity contribution < 1.29 is 19.1 Å². The summed E-state index contributed by atoms with van der Waals surface area (Å²) in [5.41, 5.74) is -1.66. The number of carbonyl (C=O) groups excluding carboxylic acids is 3. The van der Waals surface area contributed by atoms with Gasteiger partial charge in [-0.2, -0.15) is 0 Å². The zero-order chi connectivity index (χ0) is 13.8. The fourth-order valence-electron chi connectivity index (χ4n) is 3.23. The van der Waals surface area contributed by atoms with Crippen LogP contribution in [0.15, 0.2) is 0 Å².